The molecule has 4 rings (SSSR count). The highest BCUT2D eigenvalue weighted by Crippen LogP contribution is 2.21. The fraction of sp³-hybridized carbons (Fsp3) is 0.421. The van der Waals surface area contributed by atoms with Crippen molar-refractivity contribution in [3.05, 3.63) is 53.7 Å². The standard InChI is InChI=1S/C19H23N5O/c1-14-17(24-10-3-2-6-18(24)21-14)12-19(25)23-9-4-5-15(13-23)11-16-7-8-20-22-16/h2-3,6-8,10,15H,4-5,9,11-13H2,1H3,(H,20,22). The molecular weight excluding hydrogens is 314 g/mol. The molecule has 4 heterocycles. The molecule has 0 spiro atoms. The predicted octanol–water partition coefficient (Wildman–Crippen LogP) is 2.39. The average Bonchev–Trinajstić information content (AvgIpc) is 3.23. The van der Waals surface area contributed by atoms with Crippen LogP contribution in [0.5, 0.6) is 0 Å². The molecule has 6 nitrogen and oxygen atoms in total. The van der Waals surface area contributed by atoms with Gasteiger partial charge in [0.05, 0.1) is 17.8 Å². The lowest BCUT2D eigenvalue weighted by molar-refractivity contribution is -0.132. The van der Waals surface area contributed by atoms with E-state index >= 15 is 0 Å². The zero-order chi connectivity index (χ0) is 17.2. The van der Waals surface area contributed by atoms with Crippen molar-refractivity contribution in [3.63, 3.8) is 0 Å². The van der Waals surface area contributed by atoms with Gasteiger partial charge in [-0.15, -0.1) is 0 Å². The van der Waals surface area contributed by atoms with Crippen LogP contribution in [-0.4, -0.2) is 43.5 Å². The number of rotatable bonds is 4. The van der Waals surface area contributed by atoms with Gasteiger partial charge in [0.25, 0.3) is 0 Å². The molecule has 1 saturated heterocycles. The number of carbonyl (C=O) groups is 1. The van der Waals surface area contributed by atoms with Gasteiger partial charge in [-0.25, -0.2) is 4.98 Å². The molecule has 6 heteroatoms. The minimum atomic E-state index is 0.197. The molecule has 25 heavy (non-hydrogen) atoms. The lowest BCUT2D eigenvalue weighted by atomic mass is 9.93. The first-order valence-corrected chi connectivity index (χ1v) is 8.89. The highest BCUT2D eigenvalue weighted by molar-refractivity contribution is 5.79. The Bertz CT molecular complexity index is 867. The smallest absolute Gasteiger partial charge is 0.228 e. The van der Waals surface area contributed by atoms with Gasteiger partial charge in [-0.05, 0) is 50.3 Å². The summed E-state index contributed by atoms with van der Waals surface area (Å²) >= 11 is 0. The molecule has 3 aromatic heterocycles. The summed E-state index contributed by atoms with van der Waals surface area (Å²) in [4.78, 5) is 19.5. The first kappa shape index (κ1) is 15.9. The predicted molar refractivity (Wildman–Crippen MR) is 95.2 cm³/mol. The highest BCUT2D eigenvalue weighted by Gasteiger charge is 2.25. The van der Waals surface area contributed by atoms with Gasteiger partial charge in [0.1, 0.15) is 5.65 Å². The summed E-state index contributed by atoms with van der Waals surface area (Å²) in [5.74, 6) is 0.699. The third-order valence-electron chi connectivity index (χ3n) is 5.09. The molecule has 1 aliphatic rings. The molecule has 0 saturated carbocycles. The number of likely N-dealkylation sites (tertiary alicyclic amines) is 1. The fourth-order valence-electron chi connectivity index (χ4n) is 3.80. The summed E-state index contributed by atoms with van der Waals surface area (Å²) in [5.41, 5.74) is 3.98. The lowest BCUT2D eigenvalue weighted by Gasteiger charge is -2.32. The number of nitrogens with zero attached hydrogens (tertiary/aromatic N) is 4. The van der Waals surface area contributed by atoms with Crippen LogP contribution in [-0.2, 0) is 17.6 Å². The van der Waals surface area contributed by atoms with Crippen LogP contribution in [0.15, 0.2) is 36.7 Å². The van der Waals surface area contributed by atoms with Crippen molar-refractivity contribution in [2.45, 2.75) is 32.6 Å². The Morgan fingerprint density at radius 1 is 1.36 bits per heavy atom. The van der Waals surface area contributed by atoms with E-state index in [1.165, 1.54) is 0 Å². The van der Waals surface area contributed by atoms with Crippen molar-refractivity contribution < 1.29 is 4.79 Å². The van der Waals surface area contributed by atoms with E-state index in [0.29, 0.717) is 12.3 Å². The normalized spacial score (nSPS) is 18.0. The largest absolute Gasteiger partial charge is 0.342 e. The molecule has 130 valence electrons. The van der Waals surface area contributed by atoms with Crippen molar-refractivity contribution in [1.29, 1.82) is 0 Å². The van der Waals surface area contributed by atoms with E-state index in [1.54, 1.807) is 6.20 Å². The van der Waals surface area contributed by atoms with Crippen LogP contribution in [0.1, 0.15) is 29.9 Å². The molecule has 1 N–H and O–H groups in total. The van der Waals surface area contributed by atoms with Crippen LogP contribution in [0, 0.1) is 12.8 Å². The van der Waals surface area contributed by atoms with E-state index in [9.17, 15) is 4.79 Å². The van der Waals surface area contributed by atoms with Crippen LogP contribution in [0.3, 0.4) is 0 Å². The van der Waals surface area contributed by atoms with E-state index < -0.39 is 0 Å². The molecule has 1 amide bonds. The Kier molecular flexibility index (Phi) is 4.26. The molecule has 0 bridgehead atoms. The molecular formula is C19H23N5O. The number of pyridine rings is 1. The summed E-state index contributed by atoms with van der Waals surface area (Å²) < 4.78 is 2.03. The van der Waals surface area contributed by atoms with Crippen molar-refractivity contribution in [2.24, 2.45) is 5.92 Å². The Hall–Kier alpha value is -2.63. The molecule has 3 aromatic rings. The summed E-state index contributed by atoms with van der Waals surface area (Å²) in [7, 11) is 0. The second kappa shape index (κ2) is 6.70. The molecule has 0 radical (unpaired) electrons. The summed E-state index contributed by atoms with van der Waals surface area (Å²) in [6, 6.07) is 7.94. The van der Waals surface area contributed by atoms with Gasteiger partial charge in [0.2, 0.25) is 5.91 Å². The number of carbonyl (C=O) groups excluding carboxylic acids is 1. The van der Waals surface area contributed by atoms with E-state index in [-0.39, 0.29) is 5.91 Å². The SMILES string of the molecule is Cc1nc2ccccn2c1CC(=O)N1CCCC(Cc2ccn[nH]2)C1. The minimum Gasteiger partial charge on any atom is -0.342 e. The third-order valence-corrected chi connectivity index (χ3v) is 5.09. The van der Waals surface area contributed by atoms with Crippen LogP contribution in [0.2, 0.25) is 0 Å². The van der Waals surface area contributed by atoms with Crippen LogP contribution >= 0.6 is 0 Å². The van der Waals surface area contributed by atoms with Crippen LogP contribution < -0.4 is 0 Å². The number of nitrogens with one attached hydrogen (secondary N) is 1. The maximum atomic E-state index is 12.9. The number of hydrogen-bond donors (Lipinski definition) is 1. The first-order chi connectivity index (χ1) is 12.2. The molecule has 0 aromatic carbocycles. The fourth-order valence-corrected chi connectivity index (χ4v) is 3.80. The summed E-state index contributed by atoms with van der Waals surface area (Å²) in [5, 5.41) is 7.04. The Morgan fingerprint density at radius 3 is 3.12 bits per heavy atom. The van der Waals surface area contributed by atoms with Crippen molar-refractivity contribution in [2.75, 3.05) is 13.1 Å². The Morgan fingerprint density at radius 2 is 2.28 bits per heavy atom. The first-order valence-electron chi connectivity index (χ1n) is 8.89. The topological polar surface area (TPSA) is 66.3 Å². The summed E-state index contributed by atoms with van der Waals surface area (Å²) in [6.45, 7) is 3.66. The average molecular weight is 337 g/mol. The number of aryl methyl sites for hydroxylation is 1. The van der Waals surface area contributed by atoms with Gasteiger partial charge in [0.15, 0.2) is 0 Å². The molecule has 1 fully saturated rings. The van der Waals surface area contributed by atoms with E-state index in [0.717, 1.165) is 55.1 Å². The highest BCUT2D eigenvalue weighted by atomic mass is 16.2. The van der Waals surface area contributed by atoms with Crippen LogP contribution in [0.25, 0.3) is 5.65 Å². The number of hydrogen-bond acceptors (Lipinski definition) is 3. The number of aromatic amines is 1. The lowest BCUT2D eigenvalue weighted by Crippen LogP contribution is -2.41. The second-order valence-electron chi connectivity index (χ2n) is 6.88. The molecule has 1 aliphatic heterocycles. The van der Waals surface area contributed by atoms with Crippen molar-refractivity contribution in [3.8, 4) is 0 Å². The van der Waals surface area contributed by atoms with Gasteiger partial charge >= 0.3 is 0 Å². The van der Waals surface area contributed by atoms with Crippen LogP contribution in [0.4, 0.5) is 0 Å². The van der Waals surface area contributed by atoms with E-state index in [2.05, 4.69) is 15.2 Å². The number of imidazole rings is 1. The third kappa shape index (κ3) is 3.29. The quantitative estimate of drug-likeness (QED) is 0.795. The number of aromatic nitrogens is 4. The van der Waals surface area contributed by atoms with Gasteiger partial charge in [-0.3, -0.25) is 9.89 Å². The molecule has 1 unspecified atom stereocenters. The monoisotopic (exact) mass is 337 g/mol. The van der Waals surface area contributed by atoms with Gasteiger partial charge in [-0.2, -0.15) is 5.10 Å². The second-order valence-corrected chi connectivity index (χ2v) is 6.88. The zero-order valence-corrected chi connectivity index (χ0v) is 14.5. The van der Waals surface area contributed by atoms with Crippen molar-refractivity contribution in [1.82, 2.24) is 24.5 Å². The zero-order valence-electron chi connectivity index (χ0n) is 14.5. The Balaban J connectivity index is 1.46. The summed E-state index contributed by atoms with van der Waals surface area (Å²) in [6.07, 6.45) is 7.37. The van der Waals surface area contributed by atoms with Gasteiger partial charge in [-0.1, -0.05) is 6.07 Å². The number of piperidine rings is 1. The molecule has 1 atom stereocenters. The number of fused-ring (bicyclic) bond motifs is 1. The maximum absolute atomic E-state index is 12.9. The maximum Gasteiger partial charge on any atom is 0.228 e. The van der Waals surface area contributed by atoms with E-state index in [1.807, 2.05) is 46.7 Å². The van der Waals surface area contributed by atoms with Gasteiger partial charge < -0.3 is 9.30 Å². The molecule has 0 aliphatic carbocycles. The van der Waals surface area contributed by atoms with Gasteiger partial charge in [0, 0.05) is 31.2 Å². The number of amides is 1. The van der Waals surface area contributed by atoms with E-state index in [4.69, 9.17) is 0 Å². The van der Waals surface area contributed by atoms with Crippen molar-refractivity contribution >= 4 is 11.6 Å². The minimum absolute atomic E-state index is 0.197. The number of H-pyrrole nitrogens is 1. The Labute approximate surface area is 146 Å².